The molecule has 0 aromatic rings. The van der Waals surface area contributed by atoms with Crippen molar-refractivity contribution in [1.82, 2.24) is 52.3 Å². The molecule has 0 aliphatic carbocycles. The predicted molar refractivity (Wildman–Crippen MR) is 186 cm³/mol. The molecule has 0 radical (unpaired) electrons. The first-order valence-electron chi connectivity index (χ1n) is 16.8. The molecule has 2 aliphatic heterocycles. The Bertz CT molecular complexity index is 1450. The molecule has 2 aliphatic rings. The molecular formula is C30H46N10O13S. The second-order valence-electron chi connectivity index (χ2n) is 12.1. The summed E-state index contributed by atoms with van der Waals surface area (Å²) < 4.78 is 0. The Labute approximate surface area is 313 Å². The molecule has 0 bridgehead atoms. The van der Waals surface area contributed by atoms with Crippen LogP contribution < -0.4 is 42.5 Å². The lowest BCUT2D eigenvalue weighted by Gasteiger charge is -2.21. The van der Waals surface area contributed by atoms with Crippen LogP contribution in [0.4, 0.5) is 4.79 Å². The van der Waals surface area contributed by atoms with Crippen LogP contribution in [0.25, 0.3) is 0 Å². The number of aliphatic carboxylic acids is 2. The van der Waals surface area contributed by atoms with Crippen molar-refractivity contribution >= 4 is 77.0 Å². The number of nitrogens with zero attached hydrogens (tertiary/aromatic N) is 2. The number of unbranched alkanes of at least 4 members (excludes halogenated alkanes) is 1. The Balaban J connectivity index is 1.68. The minimum Gasteiger partial charge on any atom is -0.480 e. The van der Waals surface area contributed by atoms with Gasteiger partial charge in [-0.15, -0.1) is 0 Å². The van der Waals surface area contributed by atoms with Crippen molar-refractivity contribution in [3.05, 3.63) is 0 Å². The van der Waals surface area contributed by atoms with Gasteiger partial charge in [-0.2, -0.15) is 11.8 Å². The third kappa shape index (κ3) is 17.7. The van der Waals surface area contributed by atoms with Crippen molar-refractivity contribution in [3.8, 4) is 0 Å². The van der Waals surface area contributed by atoms with Crippen molar-refractivity contribution in [2.75, 3.05) is 71.2 Å². The van der Waals surface area contributed by atoms with Gasteiger partial charge >= 0.3 is 18.0 Å². The maximum Gasteiger partial charge on any atom is 0.323 e. The molecule has 2 heterocycles. The van der Waals surface area contributed by atoms with Gasteiger partial charge in [-0.1, -0.05) is 6.42 Å². The summed E-state index contributed by atoms with van der Waals surface area (Å²) in [5.41, 5.74) is 0. The van der Waals surface area contributed by atoms with Crippen LogP contribution in [0.5, 0.6) is 0 Å². The second kappa shape index (κ2) is 23.1. The summed E-state index contributed by atoms with van der Waals surface area (Å²) in [6.45, 7) is -4.52. The molecule has 0 aromatic heterocycles. The van der Waals surface area contributed by atoms with Crippen molar-refractivity contribution in [2.45, 2.75) is 49.9 Å². The number of thioether (sulfide) groups is 1. The lowest BCUT2D eigenvalue weighted by Crippen LogP contribution is -2.50. The van der Waals surface area contributed by atoms with Gasteiger partial charge in [0, 0.05) is 37.4 Å². The predicted octanol–water partition coefficient (Wildman–Crippen LogP) is -5.74. The first-order chi connectivity index (χ1) is 25.5. The highest BCUT2D eigenvalue weighted by Gasteiger charge is 2.42. The Morgan fingerprint density at radius 1 is 0.648 bits per heavy atom. The molecule has 24 heteroatoms. The van der Waals surface area contributed by atoms with E-state index >= 15 is 0 Å². The fraction of sp³-hybridized carbons (Fsp3) is 0.633. The summed E-state index contributed by atoms with van der Waals surface area (Å²) >= 11 is 1.76. The number of rotatable bonds is 24. The zero-order valence-electron chi connectivity index (χ0n) is 29.5. The topological polar surface area (TPSA) is 331 Å². The zero-order chi connectivity index (χ0) is 40.2. The lowest BCUT2D eigenvalue weighted by molar-refractivity contribution is -0.146. The number of carboxylic acids is 2. The number of urea groups is 1. The second-order valence-corrected chi connectivity index (χ2v) is 13.4. The van der Waals surface area contributed by atoms with Crippen LogP contribution in [0.1, 0.15) is 32.6 Å². The van der Waals surface area contributed by atoms with Crippen molar-refractivity contribution in [3.63, 3.8) is 0 Å². The highest BCUT2D eigenvalue weighted by atomic mass is 32.2. The highest BCUT2D eigenvalue weighted by molar-refractivity contribution is 8.00. The first kappa shape index (κ1) is 44.5. The molecule has 2 rings (SSSR count). The summed E-state index contributed by atoms with van der Waals surface area (Å²) in [4.78, 5) is 132. The van der Waals surface area contributed by atoms with Crippen LogP contribution in [0.2, 0.25) is 0 Å². The number of hydrogen-bond acceptors (Lipinski definition) is 12. The summed E-state index contributed by atoms with van der Waals surface area (Å²) in [5.74, 6) is -8.07. The van der Waals surface area contributed by atoms with E-state index in [2.05, 4.69) is 42.5 Å². The molecule has 10 N–H and O–H groups in total. The fourth-order valence-electron chi connectivity index (χ4n) is 5.11. The van der Waals surface area contributed by atoms with Gasteiger partial charge in [-0.3, -0.25) is 47.9 Å². The van der Waals surface area contributed by atoms with Crippen LogP contribution >= 0.6 is 11.8 Å². The monoisotopic (exact) mass is 786 g/mol. The van der Waals surface area contributed by atoms with E-state index in [-0.39, 0.29) is 48.8 Å². The van der Waals surface area contributed by atoms with Crippen molar-refractivity contribution < 1.29 is 63.0 Å². The number of carboxylic acid groups (broad SMARTS) is 2. The van der Waals surface area contributed by atoms with Crippen LogP contribution in [-0.4, -0.2) is 174 Å². The molecule has 3 atom stereocenters. The molecule has 0 unspecified atom stereocenters. The third-order valence-electron chi connectivity index (χ3n) is 7.69. The molecule has 2 saturated heterocycles. The first-order valence-corrected chi connectivity index (χ1v) is 17.8. The van der Waals surface area contributed by atoms with Crippen LogP contribution in [0, 0.1) is 0 Å². The van der Waals surface area contributed by atoms with Crippen LogP contribution in [0.15, 0.2) is 0 Å². The zero-order valence-corrected chi connectivity index (χ0v) is 30.3. The summed E-state index contributed by atoms with van der Waals surface area (Å²) in [7, 11) is 0. The number of nitrogens with one attached hydrogen (secondary N) is 8. The Kier molecular flexibility index (Phi) is 19.0. The van der Waals surface area contributed by atoms with E-state index in [9.17, 15) is 57.8 Å². The molecule has 0 aromatic carbocycles. The fourth-order valence-corrected chi connectivity index (χ4v) is 6.65. The van der Waals surface area contributed by atoms with Gasteiger partial charge in [0.15, 0.2) is 0 Å². The van der Waals surface area contributed by atoms with Crippen molar-refractivity contribution in [1.29, 1.82) is 0 Å². The van der Waals surface area contributed by atoms with E-state index < -0.39 is 106 Å². The van der Waals surface area contributed by atoms with Crippen molar-refractivity contribution in [2.24, 2.45) is 0 Å². The molecule has 300 valence electrons. The summed E-state index contributed by atoms with van der Waals surface area (Å²) in [6.07, 6.45) is 2.26. The molecule has 2 fully saturated rings. The number of amides is 10. The maximum absolute atomic E-state index is 12.6. The minimum absolute atomic E-state index is 0.0130. The number of carbonyl (C=O) groups excluding carboxylic acids is 9. The van der Waals surface area contributed by atoms with Gasteiger partial charge < -0.3 is 62.5 Å². The lowest BCUT2D eigenvalue weighted by atomic mass is 10.0. The molecule has 0 spiro atoms. The molecule has 0 saturated carbocycles. The average molecular weight is 787 g/mol. The van der Waals surface area contributed by atoms with Gasteiger partial charge in [0.05, 0.1) is 38.3 Å². The quantitative estimate of drug-likeness (QED) is 0.0322. The van der Waals surface area contributed by atoms with Gasteiger partial charge in [-0.25, -0.2) is 4.79 Å². The van der Waals surface area contributed by atoms with E-state index in [0.717, 1.165) is 18.6 Å². The molecule has 54 heavy (non-hydrogen) atoms. The smallest absolute Gasteiger partial charge is 0.323 e. The van der Waals surface area contributed by atoms with Crippen LogP contribution in [0.3, 0.4) is 0 Å². The largest absolute Gasteiger partial charge is 0.480 e. The van der Waals surface area contributed by atoms with Gasteiger partial charge in [0.25, 0.3) is 0 Å². The number of fused-ring (bicyclic) bond motifs is 1. The summed E-state index contributed by atoms with van der Waals surface area (Å²) in [5, 5.41) is 38.0. The van der Waals surface area contributed by atoms with E-state index in [1.165, 1.54) is 6.92 Å². The molecule has 10 amide bonds. The maximum atomic E-state index is 12.6. The van der Waals surface area contributed by atoms with E-state index in [4.69, 9.17) is 5.11 Å². The van der Waals surface area contributed by atoms with E-state index in [1.54, 1.807) is 11.8 Å². The van der Waals surface area contributed by atoms with Gasteiger partial charge in [0.2, 0.25) is 47.3 Å². The number of hydrogen-bond donors (Lipinski definition) is 10. The van der Waals surface area contributed by atoms with Crippen LogP contribution in [-0.2, 0) is 47.9 Å². The molecular weight excluding hydrogens is 740 g/mol. The minimum atomic E-state index is -1.48. The van der Waals surface area contributed by atoms with E-state index in [0.29, 0.717) is 16.2 Å². The number of carbonyl (C=O) groups is 11. The highest BCUT2D eigenvalue weighted by Crippen LogP contribution is 2.33. The standard InChI is InChI=1S/C30H46N10O13S/c1-17(41)31-6-7-32-23(45)12-39(14-27(49)50)25(47)10-36-22(44)9-34-24(46)13-40(15-28(51)52)26(48)11-35-21(43)8-33-20(42)5-3-2-4-19-29-18(16-54-19)37-30(53)38-29/h18-19,29H,2-16H2,1H3,(H,31,41)(H,32,45)(H,33,42)(H,34,46)(H,35,43)(H,36,44)(H,49,50)(H,51,52)(H2,37,38,53)/t18-,19-,29-/m0/s1. The third-order valence-corrected chi connectivity index (χ3v) is 9.20. The molecule has 23 nitrogen and oxygen atoms in total. The Morgan fingerprint density at radius 2 is 1.15 bits per heavy atom. The van der Waals surface area contributed by atoms with Gasteiger partial charge in [0.1, 0.15) is 26.2 Å². The SMILES string of the molecule is CC(=O)NCCNC(=O)CN(CC(=O)O)C(=O)CNC(=O)CNC(=O)CN(CC(=O)O)C(=O)CNC(=O)CNC(=O)CCCC[C@@H]1SC[C@@H]2NC(=O)N[C@@H]21. The average Bonchev–Trinajstić information content (AvgIpc) is 3.65. The van der Waals surface area contributed by atoms with E-state index in [1.807, 2.05) is 0 Å². The summed E-state index contributed by atoms with van der Waals surface area (Å²) in [6, 6.07) is -0.00228. The van der Waals surface area contributed by atoms with Gasteiger partial charge in [-0.05, 0) is 12.8 Å². The normalized spacial score (nSPS) is 16.7. The Morgan fingerprint density at radius 3 is 1.69 bits per heavy atom. The Hall–Kier alpha value is -5.68.